The predicted octanol–water partition coefficient (Wildman–Crippen LogP) is 3.03. The molecule has 19 heavy (non-hydrogen) atoms. The van der Waals surface area contributed by atoms with Crippen molar-refractivity contribution in [1.82, 2.24) is 5.32 Å². The van der Waals surface area contributed by atoms with Gasteiger partial charge in [-0.2, -0.15) is 0 Å². The molecule has 1 unspecified atom stereocenters. The molecule has 1 aromatic carbocycles. The van der Waals surface area contributed by atoms with Crippen molar-refractivity contribution >= 4 is 0 Å². The molecule has 0 bridgehead atoms. The van der Waals surface area contributed by atoms with Gasteiger partial charge in [0.15, 0.2) is 0 Å². The van der Waals surface area contributed by atoms with Crippen molar-refractivity contribution in [3.63, 3.8) is 0 Å². The van der Waals surface area contributed by atoms with Crippen LogP contribution in [0.25, 0.3) is 0 Å². The van der Waals surface area contributed by atoms with Crippen molar-refractivity contribution in [2.24, 2.45) is 11.8 Å². The Bertz CT molecular complexity index is 343. The molecule has 2 heteroatoms. The lowest BCUT2D eigenvalue weighted by Crippen LogP contribution is -2.38. The van der Waals surface area contributed by atoms with Crippen molar-refractivity contribution < 1.29 is 5.11 Å². The van der Waals surface area contributed by atoms with Crippen molar-refractivity contribution in [2.75, 3.05) is 13.2 Å². The molecule has 108 valence electrons. The van der Waals surface area contributed by atoms with Crippen molar-refractivity contribution in [3.8, 4) is 0 Å². The molecule has 1 rings (SSSR count). The van der Waals surface area contributed by atoms with Crippen molar-refractivity contribution in [2.45, 2.75) is 46.6 Å². The number of hydrogen-bond acceptors (Lipinski definition) is 2. The van der Waals surface area contributed by atoms with E-state index >= 15 is 0 Å². The summed E-state index contributed by atoms with van der Waals surface area (Å²) in [6.07, 6.45) is 2.17. The third-order valence-electron chi connectivity index (χ3n) is 3.49. The molecule has 0 amide bonds. The summed E-state index contributed by atoms with van der Waals surface area (Å²) >= 11 is 0. The van der Waals surface area contributed by atoms with Gasteiger partial charge in [-0.25, -0.2) is 0 Å². The Hall–Kier alpha value is -0.860. The Morgan fingerprint density at radius 3 is 2.05 bits per heavy atom. The van der Waals surface area contributed by atoms with Gasteiger partial charge in [-0.1, -0.05) is 52.0 Å². The second kappa shape index (κ2) is 8.34. The first kappa shape index (κ1) is 16.2. The maximum absolute atomic E-state index is 9.25. The average molecular weight is 263 g/mol. The van der Waals surface area contributed by atoms with E-state index in [1.807, 2.05) is 0 Å². The van der Waals surface area contributed by atoms with E-state index in [0.717, 1.165) is 19.4 Å². The zero-order valence-corrected chi connectivity index (χ0v) is 12.8. The summed E-state index contributed by atoms with van der Waals surface area (Å²) in [7, 11) is 0. The summed E-state index contributed by atoms with van der Waals surface area (Å²) in [5, 5.41) is 12.7. The second-order valence-corrected chi connectivity index (χ2v) is 6.15. The SMILES string of the molecule is CC(C)Cc1ccc(CCNC(CO)C(C)C)cc1. The fourth-order valence-electron chi connectivity index (χ4n) is 2.23. The first-order chi connectivity index (χ1) is 9.02. The maximum atomic E-state index is 9.25. The third kappa shape index (κ3) is 6.22. The maximum Gasteiger partial charge on any atom is 0.0587 e. The van der Waals surface area contributed by atoms with Gasteiger partial charge in [0.05, 0.1) is 6.61 Å². The molecule has 0 aromatic heterocycles. The van der Waals surface area contributed by atoms with E-state index in [-0.39, 0.29) is 12.6 Å². The highest BCUT2D eigenvalue weighted by molar-refractivity contribution is 5.23. The summed E-state index contributed by atoms with van der Waals surface area (Å²) < 4.78 is 0. The van der Waals surface area contributed by atoms with E-state index in [4.69, 9.17) is 0 Å². The van der Waals surface area contributed by atoms with Gasteiger partial charge in [0.25, 0.3) is 0 Å². The van der Waals surface area contributed by atoms with Crippen LogP contribution in [0.1, 0.15) is 38.8 Å². The Morgan fingerprint density at radius 2 is 1.58 bits per heavy atom. The molecule has 0 saturated carbocycles. The monoisotopic (exact) mass is 263 g/mol. The molecule has 0 heterocycles. The van der Waals surface area contributed by atoms with Crippen LogP contribution in [0.2, 0.25) is 0 Å². The van der Waals surface area contributed by atoms with Gasteiger partial charge >= 0.3 is 0 Å². The Kier molecular flexibility index (Phi) is 7.11. The molecule has 0 radical (unpaired) electrons. The minimum Gasteiger partial charge on any atom is -0.395 e. The van der Waals surface area contributed by atoms with Crippen LogP contribution < -0.4 is 5.32 Å². The number of hydrogen-bond donors (Lipinski definition) is 2. The highest BCUT2D eigenvalue weighted by atomic mass is 16.3. The van der Waals surface area contributed by atoms with Gasteiger partial charge in [0, 0.05) is 6.04 Å². The normalized spacial score (nSPS) is 13.2. The quantitative estimate of drug-likeness (QED) is 0.755. The van der Waals surface area contributed by atoms with Crippen LogP contribution in [-0.2, 0) is 12.8 Å². The van der Waals surface area contributed by atoms with Gasteiger partial charge < -0.3 is 10.4 Å². The highest BCUT2D eigenvalue weighted by Crippen LogP contribution is 2.10. The molecule has 1 atom stereocenters. The molecule has 0 spiro atoms. The second-order valence-electron chi connectivity index (χ2n) is 6.15. The number of benzene rings is 1. The lowest BCUT2D eigenvalue weighted by molar-refractivity contribution is 0.212. The lowest BCUT2D eigenvalue weighted by atomic mass is 10.0. The van der Waals surface area contributed by atoms with Crippen molar-refractivity contribution in [3.05, 3.63) is 35.4 Å². The van der Waals surface area contributed by atoms with E-state index in [2.05, 4.69) is 57.3 Å². The number of aliphatic hydroxyl groups is 1. The third-order valence-corrected chi connectivity index (χ3v) is 3.49. The van der Waals surface area contributed by atoms with E-state index < -0.39 is 0 Å². The van der Waals surface area contributed by atoms with E-state index in [0.29, 0.717) is 11.8 Å². The van der Waals surface area contributed by atoms with E-state index in [9.17, 15) is 5.11 Å². The Balaban J connectivity index is 2.37. The minimum absolute atomic E-state index is 0.209. The van der Waals surface area contributed by atoms with Gasteiger partial charge in [-0.3, -0.25) is 0 Å². The zero-order chi connectivity index (χ0) is 14.3. The molecule has 1 aromatic rings. The van der Waals surface area contributed by atoms with Crippen LogP contribution in [0, 0.1) is 11.8 Å². The highest BCUT2D eigenvalue weighted by Gasteiger charge is 2.10. The van der Waals surface area contributed by atoms with Crippen molar-refractivity contribution in [1.29, 1.82) is 0 Å². The van der Waals surface area contributed by atoms with E-state index in [1.54, 1.807) is 0 Å². The van der Waals surface area contributed by atoms with Gasteiger partial charge in [-0.15, -0.1) is 0 Å². The van der Waals surface area contributed by atoms with E-state index in [1.165, 1.54) is 11.1 Å². The number of aliphatic hydroxyl groups excluding tert-OH is 1. The topological polar surface area (TPSA) is 32.3 Å². The van der Waals surface area contributed by atoms with Crippen LogP contribution in [-0.4, -0.2) is 24.3 Å². The molecule has 0 saturated heterocycles. The number of rotatable bonds is 8. The largest absolute Gasteiger partial charge is 0.395 e. The summed E-state index contributed by atoms with van der Waals surface area (Å²) in [6, 6.07) is 9.13. The standard InChI is InChI=1S/C17H29NO/c1-13(2)11-16-7-5-15(6-8-16)9-10-18-17(12-19)14(3)4/h5-8,13-14,17-19H,9-12H2,1-4H3. The first-order valence-corrected chi connectivity index (χ1v) is 7.45. The fraction of sp³-hybridized carbons (Fsp3) is 0.647. The molecular formula is C17H29NO. The van der Waals surface area contributed by atoms with Gasteiger partial charge in [-0.05, 0) is 42.3 Å². The first-order valence-electron chi connectivity index (χ1n) is 7.45. The molecule has 0 aliphatic carbocycles. The van der Waals surface area contributed by atoms with Crippen LogP contribution in [0.3, 0.4) is 0 Å². The molecule has 0 aliphatic rings. The smallest absolute Gasteiger partial charge is 0.0587 e. The van der Waals surface area contributed by atoms with Gasteiger partial charge in [0.1, 0.15) is 0 Å². The van der Waals surface area contributed by atoms with Crippen LogP contribution in [0.15, 0.2) is 24.3 Å². The summed E-state index contributed by atoms with van der Waals surface area (Å²) in [4.78, 5) is 0. The molecular weight excluding hydrogens is 234 g/mol. The fourth-order valence-corrected chi connectivity index (χ4v) is 2.23. The Labute approximate surface area is 118 Å². The summed E-state index contributed by atoms with van der Waals surface area (Å²) in [6.45, 7) is 9.90. The molecule has 2 N–H and O–H groups in total. The molecule has 0 fully saturated rings. The molecule has 0 aliphatic heterocycles. The number of nitrogens with one attached hydrogen (secondary N) is 1. The summed E-state index contributed by atoms with van der Waals surface area (Å²) in [5.74, 6) is 1.18. The minimum atomic E-state index is 0.209. The zero-order valence-electron chi connectivity index (χ0n) is 12.8. The Morgan fingerprint density at radius 1 is 1.00 bits per heavy atom. The van der Waals surface area contributed by atoms with Crippen LogP contribution in [0.5, 0.6) is 0 Å². The van der Waals surface area contributed by atoms with Crippen LogP contribution in [0.4, 0.5) is 0 Å². The molecule has 2 nitrogen and oxygen atoms in total. The predicted molar refractivity (Wildman–Crippen MR) is 82.4 cm³/mol. The van der Waals surface area contributed by atoms with Crippen LogP contribution >= 0.6 is 0 Å². The lowest BCUT2D eigenvalue weighted by Gasteiger charge is -2.19. The summed E-state index contributed by atoms with van der Waals surface area (Å²) in [5.41, 5.74) is 2.78. The average Bonchev–Trinajstić information content (AvgIpc) is 2.35. The van der Waals surface area contributed by atoms with Gasteiger partial charge in [0.2, 0.25) is 0 Å².